The summed E-state index contributed by atoms with van der Waals surface area (Å²) in [6, 6.07) is 9.98. The van der Waals surface area contributed by atoms with Crippen molar-refractivity contribution in [2.45, 2.75) is 56.3 Å². The van der Waals surface area contributed by atoms with E-state index in [1.54, 1.807) is 0 Å². The molecule has 1 spiro atoms. The van der Waals surface area contributed by atoms with E-state index in [0.29, 0.717) is 23.9 Å². The molecule has 0 amide bonds. The highest BCUT2D eigenvalue weighted by molar-refractivity contribution is 7.10. The summed E-state index contributed by atoms with van der Waals surface area (Å²) >= 11 is 8.02. The molecule has 1 aromatic heterocycles. The maximum atomic E-state index is 12.0. The Labute approximate surface area is 184 Å². The summed E-state index contributed by atoms with van der Waals surface area (Å²) in [6.07, 6.45) is 5.85. The topological polar surface area (TPSA) is 55.8 Å². The molecule has 1 aromatic carbocycles. The van der Waals surface area contributed by atoms with Gasteiger partial charge in [-0.05, 0) is 78.6 Å². The van der Waals surface area contributed by atoms with Crippen LogP contribution < -0.4 is 0 Å². The molecule has 0 radical (unpaired) electrons. The molecule has 2 atom stereocenters. The fourth-order valence-corrected chi connectivity index (χ4v) is 6.36. The zero-order valence-electron chi connectivity index (χ0n) is 16.6. The van der Waals surface area contributed by atoms with Crippen molar-refractivity contribution in [1.29, 1.82) is 0 Å². The molecule has 30 heavy (non-hydrogen) atoms. The summed E-state index contributed by atoms with van der Waals surface area (Å²) in [5.74, 6) is -2.48. The summed E-state index contributed by atoms with van der Waals surface area (Å²) in [5, 5.41) is 2.86. The number of hydrogen-bond donors (Lipinski definition) is 0. The molecule has 2 aromatic rings. The van der Waals surface area contributed by atoms with E-state index in [2.05, 4.69) is 16.3 Å². The van der Waals surface area contributed by atoms with Gasteiger partial charge < -0.3 is 9.47 Å². The molecule has 0 bridgehead atoms. The number of thiophene rings is 1. The molecule has 7 heteroatoms. The van der Waals surface area contributed by atoms with Gasteiger partial charge in [0.1, 0.15) is 0 Å². The molecule has 0 N–H and O–H groups in total. The van der Waals surface area contributed by atoms with Crippen LogP contribution in [0.25, 0.3) is 0 Å². The number of aryl methyl sites for hydroxylation is 1. The van der Waals surface area contributed by atoms with Crippen LogP contribution in [-0.2, 0) is 25.5 Å². The van der Waals surface area contributed by atoms with Gasteiger partial charge in [0.25, 0.3) is 0 Å². The van der Waals surface area contributed by atoms with Crippen molar-refractivity contribution in [2.75, 3.05) is 13.1 Å². The Balaban J connectivity index is 1.35. The number of esters is 2. The zero-order chi connectivity index (χ0) is 20.7. The first-order valence-electron chi connectivity index (χ1n) is 10.6. The third-order valence-corrected chi connectivity index (χ3v) is 7.88. The molecule has 158 valence electrons. The SMILES string of the molecule is O=C1OC2(CC(c3cccc(Cl)c3)CCN2CCC2CCCc3sccc32)OC1=O. The second-order valence-corrected chi connectivity index (χ2v) is 9.84. The van der Waals surface area contributed by atoms with Gasteiger partial charge >= 0.3 is 17.8 Å². The Bertz CT molecular complexity index is 958. The van der Waals surface area contributed by atoms with Crippen molar-refractivity contribution in [3.8, 4) is 0 Å². The third-order valence-electron chi connectivity index (χ3n) is 6.65. The average molecular weight is 446 g/mol. The highest BCUT2D eigenvalue weighted by atomic mass is 35.5. The monoisotopic (exact) mass is 445 g/mol. The number of halogens is 1. The number of likely N-dealkylation sites (tertiary alicyclic amines) is 1. The van der Waals surface area contributed by atoms with E-state index in [4.69, 9.17) is 21.1 Å². The lowest BCUT2D eigenvalue weighted by Crippen LogP contribution is -2.55. The summed E-state index contributed by atoms with van der Waals surface area (Å²) in [6.45, 7) is 1.42. The highest BCUT2D eigenvalue weighted by Crippen LogP contribution is 2.44. The van der Waals surface area contributed by atoms with Gasteiger partial charge in [0, 0.05) is 29.4 Å². The van der Waals surface area contributed by atoms with Crippen LogP contribution >= 0.6 is 22.9 Å². The Morgan fingerprint density at radius 3 is 2.80 bits per heavy atom. The normalized spacial score (nSPS) is 25.8. The Morgan fingerprint density at radius 1 is 1.17 bits per heavy atom. The Hall–Kier alpha value is -1.89. The summed E-state index contributed by atoms with van der Waals surface area (Å²) in [7, 11) is 0. The van der Waals surface area contributed by atoms with Gasteiger partial charge in [-0.25, -0.2) is 14.5 Å². The second-order valence-electron chi connectivity index (χ2n) is 8.40. The van der Waals surface area contributed by atoms with E-state index >= 15 is 0 Å². The molecular formula is C23H24ClNO4S. The zero-order valence-corrected chi connectivity index (χ0v) is 18.2. The Kier molecular flexibility index (Phi) is 5.33. The van der Waals surface area contributed by atoms with Crippen LogP contribution in [0.15, 0.2) is 35.7 Å². The minimum absolute atomic E-state index is 0.108. The molecule has 5 rings (SSSR count). The number of carbonyl (C=O) groups is 2. The van der Waals surface area contributed by atoms with Gasteiger partial charge in [0.15, 0.2) is 0 Å². The van der Waals surface area contributed by atoms with Crippen LogP contribution in [-0.4, -0.2) is 35.8 Å². The van der Waals surface area contributed by atoms with E-state index in [-0.39, 0.29) is 5.92 Å². The first kappa shape index (κ1) is 20.0. The van der Waals surface area contributed by atoms with Crippen LogP contribution in [0.3, 0.4) is 0 Å². The molecule has 2 saturated heterocycles. The number of benzene rings is 1. The number of nitrogens with zero attached hydrogens (tertiary/aromatic N) is 1. The molecule has 0 saturated carbocycles. The first-order chi connectivity index (χ1) is 14.5. The van der Waals surface area contributed by atoms with Gasteiger partial charge in [0.2, 0.25) is 0 Å². The number of hydrogen-bond acceptors (Lipinski definition) is 6. The number of ether oxygens (including phenoxy) is 2. The number of fused-ring (bicyclic) bond motifs is 1. The van der Waals surface area contributed by atoms with Crippen molar-refractivity contribution in [1.82, 2.24) is 4.90 Å². The third kappa shape index (κ3) is 3.66. The van der Waals surface area contributed by atoms with Crippen LogP contribution in [0, 0.1) is 0 Å². The standard InChI is InChI=1S/C23H24ClNO4S/c24-18-5-1-4-16(13-18)17-8-11-25(23(14-17)28-21(26)22(27)29-23)10-7-15-3-2-6-20-19(15)9-12-30-20/h1,4-5,9,12-13,15,17H,2-3,6-8,10-11,14H2. The van der Waals surface area contributed by atoms with Gasteiger partial charge in [-0.3, -0.25) is 0 Å². The minimum atomic E-state index is -1.30. The van der Waals surface area contributed by atoms with Crippen molar-refractivity contribution >= 4 is 34.9 Å². The van der Waals surface area contributed by atoms with Crippen LogP contribution in [0.4, 0.5) is 0 Å². The van der Waals surface area contributed by atoms with Crippen molar-refractivity contribution in [3.05, 3.63) is 56.7 Å². The Morgan fingerprint density at radius 2 is 2.00 bits per heavy atom. The van der Waals surface area contributed by atoms with Crippen molar-refractivity contribution < 1.29 is 19.1 Å². The highest BCUT2D eigenvalue weighted by Gasteiger charge is 2.56. The van der Waals surface area contributed by atoms with E-state index in [1.165, 1.54) is 29.7 Å². The fraction of sp³-hybridized carbons (Fsp3) is 0.478. The molecule has 2 unspecified atom stereocenters. The van der Waals surface area contributed by atoms with Crippen LogP contribution in [0.1, 0.15) is 59.9 Å². The molecule has 2 aliphatic heterocycles. The molecule has 2 fully saturated rings. The molecular weight excluding hydrogens is 422 g/mol. The molecule has 3 aliphatic rings. The van der Waals surface area contributed by atoms with Crippen LogP contribution in [0.2, 0.25) is 5.02 Å². The van der Waals surface area contributed by atoms with Gasteiger partial charge in [-0.15, -0.1) is 11.3 Å². The first-order valence-corrected chi connectivity index (χ1v) is 11.8. The largest absolute Gasteiger partial charge is 0.421 e. The quantitative estimate of drug-likeness (QED) is 0.497. The smallest absolute Gasteiger partial charge is 0.400 e. The molecule has 5 nitrogen and oxygen atoms in total. The van der Waals surface area contributed by atoms with E-state index in [9.17, 15) is 9.59 Å². The molecule has 3 heterocycles. The average Bonchev–Trinajstić information content (AvgIpc) is 3.32. The van der Waals surface area contributed by atoms with Gasteiger partial charge in [0.05, 0.1) is 0 Å². The second kappa shape index (κ2) is 7.98. The van der Waals surface area contributed by atoms with Gasteiger partial charge in [-0.1, -0.05) is 23.7 Å². The minimum Gasteiger partial charge on any atom is -0.400 e. The van der Waals surface area contributed by atoms with E-state index < -0.39 is 17.8 Å². The lowest BCUT2D eigenvalue weighted by Gasteiger charge is -2.44. The summed E-state index contributed by atoms with van der Waals surface area (Å²) < 4.78 is 11.2. The maximum absolute atomic E-state index is 12.0. The lowest BCUT2D eigenvalue weighted by atomic mass is 9.84. The lowest BCUT2D eigenvalue weighted by molar-refractivity contribution is -0.266. The van der Waals surface area contributed by atoms with Gasteiger partial charge in [-0.2, -0.15) is 0 Å². The molecule has 1 aliphatic carbocycles. The number of carbonyl (C=O) groups excluding carboxylic acids is 2. The van der Waals surface area contributed by atoms with E-state index in [0.717, 1.165) is 24.9 Å². The van der Waals surface area contributed by atoms with E-state index in [1.807, 2.05) is 35.6 Å². The summed E-state index contributed by atoms with van der Waals surface area (Å²) in [5.41, 5.74) is 2.55. The van der Waals surface area contributed by atoms with Crippen molar-refractivity contribution in [2.24, 2.45) is 0 Å². The summed E-state index contributed by atoms with van der Waals surface area (Å²) in [4.78, 5) is 27.5. The fourth-order valence-electron chi connectivity index (χ4n) is 5.15. The van der Waals surface area contributed by atoms with Crippen LogP contribution in [0.5, 0.6) is 0 Å². The number of rotatable bonds is 4. The van der Waals surface area contributed by atoms with Crippen molar-refractivity contribution in [3.63, 3.8) is 0 Å². The number of piperidine rings is 1. The predicted molar refractivity (Wildman–Crippen MR) is 115 cm³/mol. The maximum Gasteiger partial charge on any atom is 0.421 e. The predicted octanol–water partition coefficient (Wildman–Crippen LogP) is 4.84.